The molecule has 0 aliphatic carbocycles. The monoisotopic (exact) mass is 684 g/mol. The van der Waals surface area contributed by atoms with Gasteiger partial charge in [-0.1, -0.05) is 24.3 Å². The first-order valence-electron chi connectivity index (χ1n) is 15.8. The summed E-state index contributed by atoms with van der Waals surface area (Å²) < 4.78 is 0. The molecule has 0 saturated heterocycles. The number of carboxylic acid groups (broad SMARTS) is 4. The molecule has 0 aliphatic heterocycles. The Morgan fingerprint density at radius 1 is 0.480 bits per heavy atom. The average Bonchev–Trinajstić information content (AvgIpc) is 3.03. The van der Waals surface area contributed by atoms with Crippen LogP contribution in [-0.4, -0.2) is 90.3 Å². The Labute approximate surface area is 288 Å². The number of carboxylic acids is 4. The third-order valence-corrected chi connectivity index (χ3v) is 7.71. The van der Waals surface area contributed by atoms with Gasteiger partial charge >= 0.3 is 23.9 Å². The Bertz CT molecular complexity index is 1650. The van der Waals surface area contributed by atoms with E-state index in [0.717, 1.165) is 22.3 Å². The summed E-state index contributed by atoms with van der Waals surface area (Å²) in [5.74, 6) is -4.73. The lowest BCUT2D eigenvalue weighted by molar-refractivity contribution is -0.144. The molecular formula is C36H40N6O8. The third-order valence-electron chi connectivity index (χ3n) is 7.71. The molecule has 4 rings (SSSR count). The van der Waals surface area contributed by atoms with Crippen molar-refractivity contribution in [1.29, 1.82) is 0 Å². The number of aromatic nitrogens is 2. The predicted molar refractivity (Wildman–Crippen MR) is 185 cm³/mol. The van der Waals surface area contributed by atoms with Gasteiger partial charge in [-0.25, -0.2) is 9.97 Å². The molecule has 14 nitrogen and oxygen atoms in total. The molecule has 2 aromatic carbocycles. The van der Waals surface area contributed by atoms with Crippen molar-refractivity contribution in [2.75, 3.05) is 37.6 Å². The van der Waals surface area contributed by atoms with E-state index in [0.29, 0.717) is 59.8 Å². The first-order valence-corrected chi connectivity index (χ1v) is 15.8. The molecule has 8 N–H and O–H groups in total. The summed E-state index contributed by atoms with van der Waals surface area (Å²) in [4.78, 5) is 58.3. The van der Waals surface area contributed by atoms with E-state index in [1.165, 1.54) is 9.80 Å². The number of aryl methyl sites for hydroxylation is 4. The second kappa shape index (κ2) is 17.5. The van der Waals surface area contributed by atoms with Crippen molar-refractivity contribution in [3.8, 4) is 11.4 Å². The van der Waals surface area contributed by atoms with Crippen molar-refractivity contribution in [3.63, 3.8) is 0 Å². The molecule has 0 saturated carbocycles. The van der Waals surface area contributed by atoms with E-state index in [2.05, 4.69) is 0 Å². The Kier molecular flexibility index (Phi) is 12.9. The minimum atomic E-state index is -1.18. The molecule has 0 aliphatic rings. The van der Waals surface area contributed by atoms with Crippen molar-refractivity contribution < 1.29 is 39.6 Å². The highest BCUT2D eigenvalue weighted by Crippen LogP contribution is 2.24. The first-order chi connectivity index (χ1) is 23.8. The van der Waals surface area contributed by atoms with Gasteiger partial charge in [-0.2, -0.15) is 0 Å². The van der Waals surface area contributed by atoms with Crippen LogP contribution in [0.1, 0.15) is 33.6 Å². The molecule has 0 spiro atoms. The molecular weight excluding hydrogens is 644 g/mol. The number of nitrogen functional groups attached to an aromatic ring is 2. The third kappa shape index (κ3) is 12.3. The smallest absolute Gasteiger partial charge is 0.317 e. The molecule has 4 aromatic rings. The second-order valence-corrected chi connectivity index (χ2v) is 12.1. The van der Waals surface area contributed by atoms with Crippen molar-refractivity contribution in [1.82, 2.24) is 19.8 Å². The van der Waals surface area contributed by atoms with Crippen LogP contribution in [0.15, 0.2) is 72.8 Å². The number of hydrogen-bond acceptors (Lipinski definition) is 10. The maximum Gasteiger partial charge on any atom is 0.317 e. The van der Waals surface area contributed by atoms with Gasteiger partial charge in [0.2, 0.25) is 0 Å². The predicted octanol–water partition coefficient (Wildman–Crippen LogP) is 2.82. The van der Waals surface area contributed by atoms with E-state index in [4.69, 9.17) is 21.4 Å². The highest BCUT2D eigenvalue weighted by molar-refractivity contribution is 5.73. The van der Waals surface area contributed by atoms with E-state index in [1.807, 2.05) is 72.8 Å². The van der Waals surface area contributed by atoms with Gasteiger partial charge in [0.05, 0.1) is 49.0 Å². The summed E-state index contributed by atoms with van der Waals surface area (Å²) in [6.07, 6.45) is 2.44. The molecule has 262 valence electrons. The van der Waals surface area contributed by atoms with Crippen molar-refractivity contribution in [3.05, 3.63) is 106 Å². The fourth-order valence-electron chi connectivity index (χ4n) is 5.52. The quantitative estimate of drug-likeness (QED) is 0.0780. The largest absolute Gasteiger partial charge is 0.480 e. The topological polar surface area (TPSA) is 234 Å². The SMILES string of the molecule is Nc1ccc(CCc2cc(CN(CC(=O)O)CC(=O)O)nc(-c3cc(CCc4ccc(N)cc4)cc(CN(CC(=O)O)CC(=O)O)n3)c2)cc1. The minimum absolute atomic E-state index is 0.0595. The summed E-state index contributed by atoms with van der Waals surface area (Å²) in [5, 5.41) is 37.7. The number of hydrogen-bond donors (Lipinski definition) is 6. The molecule has 50 heavy (non-hydrogen) atoms. The standard InChI is InChI=1S/C36H40N6O8/c37-27-9-5-23(6-10-27)1-3-25-13-29(17-41(19-33(43)44)20-34(45)46)39-31(15-25)32-16-26(4-2-24-7-11-28(38)12-8-24)14-30(40-32)18-42(21-35(47)48)22-36(49)50/h5-16H,1-4,17-22,37-38H2,(H,43,44)(H,45,46)(H,47,48)(H,49,50). The van der Waals surface area contributed by atoms with Gasteiger partial charge in [-0.05, 0) is 96.5 Å². The molecule has 0 amide bonds. The number of aliphatic carboxylic acids is 4. The molecule has 0 atom stereocenters. The van der Waals surface area contributed by atoms with Crippen LogP contribution in [0.25, 0.3) is 11.4 Å². The lowest BCUT2D eigenvalue weighted by atomic mass is 10.0. The maximum atomic E-state index is 11.5. The molecule has 2 heterocycles. The zero-order valence-corrected chi connectivity index (χ0v) is 27.4. The van der Waals surface area contributed by atoms with Gasteiger partial charge in [0.25, 0.3) is 0 Å². The zero-order chi connectivity index (χ0) is 36.2. The number of nitrogens with zero attached hydrogens (tertiary/aromatic N) is 4. The molecule has 14 heteroatoms. The van der Waals surface area contributed by atoms with E-state index in [-0.39, 0.29) is 13.1 Å². The lowest BCUT2D eigenvalue weighted by Gasteiger charge is -2.20. The minimum Gasteiger partial charge on any atom is -0.480 e. The number of anilines is 2. The van der Waals surface area contributed by atoms with Gasteiger partial charge in [0.1, 0.15) is 0 Å². The summed E-state index contributed by atoms with van der Waals surface area (Å²) >= 11 is 0. The van der Waals surface area contributed by atoms with Gasteiger partial charge in [-0.3, -0.25) is 29.0 Å². The number of nitrogens with two attached hydrogens (primary N) is 2. The zero-order valence-electron chi connectivity index (χ0n) is 27.4. The fraction of sp³-hybridized carbons (Fsp3) is 0.278. The number of rotatable bonds is 19. The van der Waals surface area contributed by atoms with Gasteiger partial charge in [-0.15, -0.1) is 0 Å². The van der Waals surface area contributed by atoms with Crippen molar-refractivity contribution in [2.45, 2.75) is 38.8 Å². The molecule has 2 aromatic heterocycles. The molecule has 0 fully saturated rings. The van der Waals surface area contributed by atoms with Crippen molar-refractivity contribution >= 4 is 35.3 Å². The average molecular weight is 685 g/mol. The summed E-state index contributed by atoms with van der Waals surface area (Å²) in [6.45, 7) is -2.15. The van der Waals surface area contributed by atoms with Crippen LogP contribution in [0.4, 0.5) is 11.4 Å². The van der Waals surface area contributed by atoms with Crippen LogP contribution in [-0.2, 0) is 58.0 Å². The molecule has 0 unspecified atom stereocenters. The Morgan fingerprint density at radius 2 is 0.780 bits per heavy atom. The van der Waals surface area contributed by atoms with E-state index in [1.54, 1.807) is 0 Å². The Morgan fingerprint density at radius 3 is 1.08 bits per heavy atom. The van der Waals surface area contributed by atoms with E-state index in [9.17, 15) is 39.6 Å². The lowest BCUT2D eigenvalue weighted by Crippen LogP contribution is -2.34. The molecule has 0 radical (unpaired) electrons. The Hall–Kier alpha value is -5.86. The fourth-order valence-corrected chi connectivity index (χ4v) is 5.52. The summed E-state index contributed by atoms with van der Waals surface area (Å²) in [5.41, 5.74) is 18.5. The van der Waals surface area contributed by atoms with Crippen LogP contribution in [0, 0.1) is 0 Å². The summed E-state index contributed by atoms with van der Waals surface area (Å²) in [7, 11) is 0. The van der Waals surface area contributed by atoms with Gasteiger partial charge < -0.3 is 31.9 Å². The number of pyridine rings is 2. The number of benzene rings is 2. The normalized spacial score (nSPS) is 11.2. The van der Waals surface area contributed by atoms with Crippen LogP contribution in [0.3, 0.4) is 0 Å². The highest BCUT2D eigenvalue weighted by atomic mass is 16.4. The second-order valence-electron chi connectivity index (χ2n) is 12.1. The first kappa shape index (κ1) is 37.0. The van der Waals surface area contributed by atoms with Crippen molar-refractivity contribution in [2.24, 2.45) is 0 Å². The van der Waals surface area contributed by atoms with Crippen LogP contribution >= 0.6 is 0 Å². The number of carbonyl (C=O) groups is 4. The van der Waals surface area contributed by atoms with E-state index >= 15 is 0 Å². The molecule has 0 bridgehead atoms. The van der Waals surface area contributed by atoms with Crippen LogP contribution < -0.4 is 11.5 Å². The van der Waals surface area contributed by atoms with Gasteiger partial charge in [0, 0.05) is 24.5 Å². The highest BCUT2D eigenvalue weighted by Gasteiger charge is 2.19. The van der Waals surface area contributed by atoms with Crippen LogP contribution in [0.5, 0.6) is 0 Å². The van der Waals surface area contributed by atoms with Crippen LogP contribution in [0.2, 0.25) is 0 Å². The Balaban J connectivity index is 1.76. The maximum absolute atomic E-state index is 11.5. The van der Waals surface area contributed by atoms with E-state index < -0.39 is 50.1 Å². The van der Waals surface area contributed by atoms with Gasteiger partial charge in [0.15, 0.2) is 0 Å². The summed E-state index contributed by atoms with van der Waals surface area (Å²) in [6, 6.07) is 22.3.